The normalized spacial score (nSPS) is 19.7. The lowest BCUT2D eigenvalue weighted by molar-refractivity contribution is 0.566. The van der Waals surface area contributed by atoms with Gasteiger partial charge in [-0.1, -0.05) is 0 Å². The van der Waals surface area contributed by atoms with Crippen molar-refractivity contribution in [3.8, 4) is 0 Å². The van der Waals surface area contributed by atoms with Crippen molar-refractivity contribution in [1.82, 2.24) is 9.97 Å². The van der Waals surface area contributed by atoms with E-state index in [0.717, 1.165) is 17.5 Å². The molecule has 92 valence electrons. The second-order valence-electron chi connectivity index (χ2n) is 5.19. The van der Waals surface area contributed by atoms with E-state index in [1.54, 1.807) is 0 Å². The van der Waals surface area contributed by atoms with Crippen molar-refractivity contribution in [2.75, 3.05) is 11.1 Å². The number of nitrogens with two attached hydrogens (primary N) is 1. The van der Waals surface area contributed by atoms with Crippen molar-refractivity contribution in [2.45, 2.75) is 38.6 Å². The number of nitrogen functional groups attached to an aromatic ring is 1. The van der Waals surface area contributed by atoms with E-state index in [-0.39, 0.29) is 5.28 Å². The zero-order valence-electron chi connectivity index (χ0n) is 9.91. The van der Waals surface area contributed by atoms with Gasteiger partial charge in [0, 0.05) is 6.04 Å². The fraction of sp³-hybridized carbons (Fsp3) is 0.667. The predicted molar refractivity (Wildman–Crippen MR) is 69.1 cm³/mol. The Morgan fingerprint density at radius 3 is 2.35 bits per heavy atom. The molecular formula is C12H17ClN4. The van der Waals surface area contributed by atoms with E-state index >= 15 is 0 Å². The Morgan fingerprint density at radius 1 is 1.24 bits per heavy atom. The number of hydrogen-bond acceptors (Lipinski definition) is 4. The Kier molecular flexibility index (Phi) is 2.62. The monoisotopic (exact) mass is 252 g/mol. The smallest absolute Gasteiger partial charge is 0.224 e. The van der Waals surface area contributed by atoms with E-state index < -0.39 is 0 Å². The van der Waals surface area contributed by atoms with Crippen LogP contribution in [0.15, 0.2) is 0 Å². The van der Waals surface area contributed by atoms with Gasteiger partial charge in [-0.15, -0.1) is 0 Å². The van der Waals surface area contributed by atoms with Gasteiger partial charge in [0.25, 0.3) is 0 Å². The van der Waals surface area contributed by atoms with Gasteiger partial charge >= 0.3 is 0 Å². The SMILES string of the molecule is Cc1nc(Cl)nc(NC(C2CC2)C2CC2)c1N. The van der Waals surface area contributed by atoms with Crippen LogP contribution in [0.5, 0.6) is 0 Å². The average Bonchev–Trinajstić information content (AvgIpc) is 3.15. The molecule has 1 aromatic rings. The van der Waals surface area contributed by atoms with Crippen LogP contribution in [-0.2, 0) is 0 Å². The highest BCUT2D eigenvalue weighted by Crippen LogP contribution is 2.46. The van der Waals surface area contributed by atoms with Crippen LogP contribution < -0.4 is 11.1 Å². The molecular weight excluding hydrogens is 236 g/mol. The maximum Gasteiger partial charge on any atom is 0.224 e. The van der Waals surface area contributed by atoms with Crippen molar-refractivity contribution >= 4 is 23.1 Å². The van der Waals surface area contributed by atoms with Gasteiger partial charge < -0.3 is 11.1 Å². The molecule has 0 aromatic carbocycles. The largest absolute Gasteiger partial charge is 0.394 e. The molecule has 0 unspecified atom stereocenters. The third-order valence-corrected chi connectivity index (χ3v) is 3.84. The molecule has 4 nitrogen and oxygen atoms in total. The van der Waals surface area contributed by atoms with Crippen LogP contribution >= 0.6 is 11.6 Å². The Bertz CT molecular complexity index is 428. The van der Waals surface area contributed by atoms with Gasteiger partial charge in [-0.25, -0.2) is 4.98 Å². The summed E-state index contributed by atoms with van der Waals surface area (Å²) in [5.74, 6) is 2.32. The summed E-state index contributed by atoms with van der Waals surface area (Å²) in [5, 5.41) is 3.76. The van der Waals surface area contributed by atoms with E-state index in [2.05, 4.69) is 15.3 Å². The molecule has 2 aliphatic carbocycles. The van der Waals surface area contributed by atoms with Crippen molar-refractivity contribution in [2.24, 2.45) is 11.8 Å². The molecule has 2 saturated carbocycles. The summed E-state index contributed by atoms with van der Waals surface area (Å²) in [7, 11) is 0. The number of aryl methyl sites for hydroxylation is 1. The lowest BCUT2D eigenvalue weighted by atomic mass is 10.1. The number of rotatable bonds is 4. The maximum atomic E-state index is 5.99. The molecule has 0 bridgehead atoms. The van der Waals surface area contributed by atoms with E-state index in [0.29, 0.717) is 17.5 Å². The first-order chi connectivity index (χ1) is 8.15. The number of anilines is 2. The summed E-state index contributed by atoms with van der Waals surface area (Å²) < 4.78 is 0. The Labute approximate surface area is 106 Å². The molecule has 17 heavy (non-hydrogen) atoms. The maximum absolute atomic E-state index is 5.99. The summed E-state index contributed by atoms with van der Waals surface area (Å²) in [6.45, 7) is 1.86. The molecule has 0 amide bonds. The highest BCUT2D eigenvalue weighted by Gasteiger charge is 2.41. The lowest BCUT2D eigenvalue weighted by Gasteiger charge is -2.19. The fourth-order valence-electron chi connectivity index (χ4n) is 2.35. The fourth-order valence-corrected chi connectivity index (χ4v) is 2.56. The van der Waals surface area contributed by atoms with Crippen molar-refractivity contribution < 1.29 is 0 Å². The summed E-state index contributed by atoms with van der Waals surface area (Å²) in [6.07, 6.45) is 5.30. The summed E-state index contributed by atoms with van der Waals surface area (Å²) in [4.78, 5) is 8.26. The van der Waals surface area contributed by atoms with Crippen LogP contribution in [0.25, 0.3) is 0 Å². The average molecular weight is 253 g/mol. The van der Waals surface area contributed by atoms with Crippen LogP contribution in [0.3, 0.4) is 0 Å². The van der Waals surface area contributed by atoms with Gasteiger partial charge in [0.1, 0.15) is 0 Å². The molecule has 0 radical (unpaired) electrons. The lowest BCUT2D eigenvalue weighted by Crippen LogP contribution is -2.25. The number of aromatic nitrogens is 2. The molecule has 2 aliphatic rings. The molecule has 1 aromatic heterocycles. The number of hydrogen-bond donors (Lipinski definition) is 2. The minimum absolute atomic E-state index is 0.268. The Morgan fingerprint density at radius 2 is 1.82 bits per heavy atom. The first kappa shape index (κ1) is 11.1. The van der Waals surface area contributed by atoms with Gasteiger partial charge in [0.05, 0.1) is 11.4 Å². The molecule has 3 rings (SSSR count). The standard InChI is InChI=1S/C12H17ClN4/c1-6-9(14)11(17-12(13)15-6)16-10(7-2-3-7)8-4-5-8/h7-8,10H,2-5,14H2,1H3,(H,15,16,17). The van der Waals surface area contributed by atoms with Crippen LogP contribution in [0.4, 0.5) is 11.5 Å². The zero-order valence-corrected chi connectivity index (χ0v) is 10.7. The highest BCUT2D eigenvalue weighted by molar-refractivity contribution is 6.28. The van der Waals surface area contributed by atoms with Crippen LogP contribution in [-0.4, -0.2) is 16.0 Å². The third kappa shape index (κ3) is 2.32. The van der Waals surface area contributed by atoms with Crippen molar-refractivity contribution in [3.63, 3.8) is 0 Å². The molecule has 0 aliphatic heterocycles. The van der Waals surface area contributed by atoms with Gasteiger partial charge in [-0.2, -0.15) is 4.98 Å². The molecule has 0 atom stereocenters. The van der Waals surface area contributed by atoms with Crippen LogP contribution in [0, 0.1) is 18.8 Å². The number of nitrogens with one attached hydrogen (secondary N) is 1. The van der Waals surface area contributed by atoms with E-state index in [4.69, 9.17) is 17.3 Å². The summed E-state index contributed by atoms with van der Waals surface area (Å²) in [6, 6.07) is 0.530. The van der Waals surface area contributed by atoms with E-state index in [9.17, 15) is 0 Å². The van der Waals surface area contributed by atoms with Crippen LogP contribution in [0.1, 0.15) is 31.4 Å². The first-order valence-corrected chi connectivity index (χ1v) is 6.59. The summed E-state index contributed by atoms with van der Waals surface area (Å²) in [5.41, 5.74) is 7.37. The molecule has 5 heteroatoms. The second-order valence-corrected chi connectivity index (χ2v) is 5.52. The Balaban J connectivity index is 1.83. The first-order valence-electron chi connectivity index (χ1n) is 6.21. The van der Waals surface area contributed by atoms with E-state index in [1.165, 1.54) is 25.7 Å². The zero-order chi connectivity index (χ0) is 12.0. The van der Waals surface area contributed by atoms with Crippen molar-refractivity contribution in [3.05, 3.63) is 11.0 Å². The van der Waals surface area contributed by atoms with Crippen molar-refractivity contribution in [1.29, 1.82) is 0 Å². The van der Waals surface area contributed by atoms with Gasteiger partial charge in [-0.05, 0) is 56.0 Å². The molecule has 0 saturated heterocycles. The molecule has 0 spiro atoms. The summed E-state index contributed by atoms with van der Waals surface area (Å²) >= 11 is 5.88. The minimum Gasteiger partial charge on any atom is -0.394 e. The minimum atomic E-state index is 0.268. The van der Waals surface area contributed by atoms with Gasteiger partial charge in [0.2, 0.25) is 5.28 Å². The Hall–Kier alpha value is -1.03. The molecule has 2 fully saturated rings. The number of nitrogens with zero attached hydrogens (tertiary/aromatic N) is 2. The topological polar surface area (TPSA) is 63.8 Å². The molecule has 1 heterocycles. The number of halogens is 1. The second kappa shape index (κ2) is 4.02. The predicted octanol–water partition coefficient (Wildman–Crippen LogP) is 2.62. The molecule has 3 N–H and O–H groups in total. The quantitative estimate of drug-likeness (QED) is 0.809. The van der Waals surface area contributed by atoms with Gasteiger partial charge in [-0.3, -0.25) is 0 Å². The van der Waals surface area contributed by atoms with Gasteiger partial charge in [0.15, 0.2) is 5.82 Å². The highest BCUT2D eigenvalue weighted by atomic mass is 35.5. The van der Waals surface area contributed by atoms with E-state index in [1.807, 2.05) is 6.92 Å². The van der Waals surface area contributed by atoms with Crippen LogP contribution in [0.2, 0.25) is 5.28 Å². The third-order valence-electron chi connectivity index (χ3n) is 3.67.